The van der Waals surface area contributed by atoms with E-state index in [9.17, 15) is 5.26 Å². The molecule has 0 bridgehead atoms. The van der Waals surface area contributed by atoms with E-state index in [-0.39, 0.29) is 5.92 Å². The number of anilines is 1. The highest BCUT2D eigenvalue weighted by molar-refractivity contribution is 9.10. The number of hydrogen-bond acceptors (Lipinski definition) is 6. The molecule has 0 fully saturated rings. The van der Waals surface area contributed by atoms with Crippen LogP contribution in [-0.4, -0.2) is 43.7 Å². The van der Waals surface area contributed by atoms with Gasteiger partial charge in [-0.05, 0) is 64.8 Å². The fourth-order valence-electron chi connectivity index (χ4n) is 4.59. The van der Waals surface area contributed by atoms with Crippen molar-refractivity contribution in [3.63, 3.8) is 0 Å². The number of rotatable bonds is 8. The van der Waals surface area contributed by atoms with Crippen molar-refractivity contribution in [2.24, 2.45) is 0 Å². The van der Waals surface area contributed by atoms with Gasteiger partial charge in [-0.15, -0.1) is 0 Å². The Morgan fingerprint density at radius 1 is 1.18 bits per heavy atom. The molecule has 1 atom stereocenters. The average Bonchev–Trinajstić information content (AvgIpc) is 3.16. The van der Waals surface area contributed by atoms with Crippen molar-refractivity contribution in [2.45, 2.75) is 26.2 Å². The third-order valence-electron chi connectivity index (χ3n) is 6.43. The first-order valence-corrected chi connectivity index (χ1v) is 12.1. The Balaban J connectivity index is 1.84. The van der Waals surface area contributed by atoms with Crippen LogP contribution in [0.15, 0.2) is 34.8 Å². The van der Waals surface area contributed by atoms with E-state index in [1.807, 2.05) is 12.1 Å². The molecule has 1 unspecified atom stereocenters. The average molecular weight is 525 g/mol. The van der Waals surface area contributed by atoms with Crippen LogP contribution in [0, 0.1) is 11.3 Å². The first kappa shape index (κ1) is 24.0. The second-order valence-electron chi connectivity index (χ2n) is 8.19. The summed E-state index contributed by atoms with van der Waals surface area (Å²) in [7, 11) is 3.21. The number of nitrogens with zero attached hydrogens (tertiary/aromatic N) is 2. The number of nitrogen functional groups attached to an aromatic ring is 1. The smallest absolute Gasteiger partial charge is 0.204 e. The first-order valence-electron chi connectivity index (χ1n) is 11.3. The number of nitrogens with one attached hydrogen (secondary N) is 1. The molecule has 0 saturated heterocycles. The zero-order valence-electron chi connectivity index (χ0n) is 19.9. The van der Waals surface area contributed by atoms with E-state index < -0.39 is 0 Å². The summed E-state index contributed by atoms with van der Waals surface area (Å²) in [6.07, 6.45) is 0.925. The van der Waals surface area contributed by atoms with Gasteiger partial charge in [0.25, 0.3) is 0 Å². The molecule has 2 aromatic carbocycles. The summed E-state index contributed by atoms with van der Waals surface area (Å²) in [5, 5.41) is 9.86. The van der Waals surface area contributed by atoms with Gasteiger partial charge in [0.15, 0.2) is 11.5 Å². The number of nitrogens with two attached hydrogens (primary N) is 1. The molecule has 1 aliphatic rings. The Morgan fingerprint density at radius 2 is 1.94 bits per heavy atom. The quantitative estimate of drug-likeness (QED) is 0.319. The second-order valence-corrected chi connectivity index (χ2v) is 9.04. The number of ether oxygens (including phenoxy) is 3. The third-order valence-corrected chi connectivity index (χ3v) is 7.02. The van der Waals surface area contributed by atoms with E-state index in [0.717, 1.165) is 53.0 Å². The van der Waals surface area contributed by atoms with Crippen LogP contribution in [-0.2, 0) is 6.42 Å². The summed E-state index contributed by atoms with van der Waals surface area (Å²) >= 11 is 3.61. The summed E-state index contributed by atoms with van der Waals surface area (Å²) in [5.74, 6) is 2.49. The Bertz CT molecular complexity index is 1240. The Morgan fingerprint density at radius 3 is 2.59 bits per heavy atom. The number of aromatic amines is 1. The van der Waals surface area contributed by atoms with Gasteiger partial charge in [0.2, 0.25) is 5.88 Å². The first-order chi connectivity index (χ1) is 16.4. The van der Waals surface area contributed by atoms with E-state index in [4.69, 9.17) is 19.9 Å². The molecule has 1 aromatic heterocycles. The van der Waals surface area contributed by atoms with E-state index in [1.54, 1.807) is 14.2 Å². The van der Waals surface area contributed by atoms with Crippen LogP contribution in [0.25, 0.3) is 0 Å². The number of benzene rings is 2. The van der Waals surface area contributed by atoms with Gasteiger partial charge in [0, 0.05) is 23.6 Å². The molecule has 34 heavy (non-hydrogen) atoms. The van der Waals surface area contributed by atoms with Gasteiger partial charge in [-0.25, -0.2) is 0 Å². The molecule has 0 saturated carbocycles. The second kappa shape index (κ2) is 10.00. The van der Waals surface area contributed by atoms with Crippen molar-refractivity contribution in [3.8, 4) is 29.2 Å². The van der Waals surface area contributed by atoms with Crippen LogP contribution in [0.2, 0.25) is 0 Å². The van der Waals surface area contributed by atoms with Crippen molar-refractivity contribution in [1.82, 2.24) is 9.88 Å². The molecule has 0 amide bonds. The van der Waals surface area contributed by atoms with Crippen molar-refractivity contribution >= 4 is 21.7 Å². The lowest BCUT2D eigenvalue weighted by Gasteiger charge is -2.28. The number of nitriles is 1. The zero-order chi connectivity index (χ0) is 24.4. The minimum atomic E-state index is -0.269. The summed E-state index contributed by atoms with van der Waals surface area (Å²) in [6.45, 7) is 7.38. The van der Waals surface area contributed by atoms with E-state index in [0.29, 0.717) is 28.8 Å². The lowest BCUT2D eigenvalue weighted by molar-refractivity contribution is 0.308. The highest BCUT2D eigenvalue weighted by Crippen LogP contribution is 2.51. The van der Waals surface area contributed by atoms with Crippen LogP contribution in [0.1, 0.15) is 47.6 Å². The molecule has 7 nitrogen and oxygen atoms in total. The van der Waals surface area contributed by atoms with Crippen LogP contribution >= 0.6 is 15.9 Å². The maximum absolute atomic E-state index is 9.86. The zero-order valence-corrected chi connectivity index (χ0v) is 21.5. The number of fused-ring (bicyclic) bond motifs is 2. The topological polar surface area (TPSA) is 96.5 Å². The van der Waals surface area contributed by atoms with Crippen LogP contribution in [0.5, 0.6) is 23.1 Å². The molecule has 0 aliphatic carbocycles. The molecule has 1 aliphatic heterocycles. The predicted octanol–water partition coefficient (Wildman–Crippen LogP) is 5.42. The van der Waals surface area contributed by atoms with Crippen molar-refractivity contribution < 1.29 is 14.2 Å². The number of H-pyrrole nitrogens is 1. The molecule has 0 spiro atoms. The van der Waals surface area contributed by atoms with E-state index in [1.165, 1.54) is 5.56 Å². The molecular weight excluding hydrogens is 496 g/mol. The normalized spacial score (nSPS) is 14.2. The van der Waals surface area contributed by atoms with Gasteiger partial charge in [-0.1, -0.05) is 26.0 Å². The summed E-state index contributed by atoms with van der Waals surface area (Å²) in [6, 6.07) is 12.5. The highest BCUT2D eigenvalue weighted by Gasteiger charge is 2.35. The molecule has 8 heteroatoms. The van der Waals surface area contributed by atoms with Gasteiger partial charge in [-0.2, -0.15) is 5.26 Å². The molecule has 2 heterocycles. The van der Waals surface area contributed by atoms with Crippen molar-refractivity contribution in [3.05, 3.63) is 62.6 Å². The lowest BCUT2D eigenvalue weighted by atomic mass is 9.82. The van der Waals surface area contributed by atoms with E-state index >= 15 is 0 Å². The summed E-state index contributed by atoms with van der Waals surface area (Å²) < 4.78 is 18.1. The number of hydrogen-bond donors (Lipinski definition) is 2. The minimum Gasteiger partial charge on any atom is -0.493 e. The van der Waals surface area contributed by atoms with Gasteiger partial charge in [-0.3, -0.25) is 0 Å². The van der Waals surface area contributed by atoms with Crippen LogP contribution in [0.3, 0.4) is 0 Å². The molecule has 178 valence electrons. The van der Waals surface area contributed by atoms with Gasteiger partial charge < -0.3 is 29.8 Å². The summed E-state index contributed by atoms with van der Waals surface area (Å²) in [4.78, 5) is 5.46. The Kier molecular flexibility index (Phi) is 7.05. The van der Waals surface area contributed by atoms with Gasteiger partial charge in [0.1, 0.15) is 23.2 Å². The minimum absolute atomic E-state index is 0.269. The largest absolute Gasteiger partial charge is 0.493 e. The number of halogens is 1. The molecular formula is C26H29BrN4O3. The molecule has 4 rings (SSSR count). The Hall–Kier alpha value is -3.15. The van der Waals surface area contributed by atoms with Crippen molar-refractivity contribution in [2.75, 3.05) is 39.6 Å². The predicted molar refractivity (Wildman–Crippen MR) is 136 cm³/mol. The SMILES string of the molecule is CCN(CC)CCc1ccc2c(c1)Oc1[nH]c(N)c(C#N)c1C2c1cc(Br)c(OC)c(OC)c1. The fourth-order valence-corrected chi connectivity index (χ4v) is 5.21. The fraction of sp³-hybridized carbons (Fsp3) is 0.346. The standard InChI is InChI=1S/C26H29BrN4O3/c1-5-31(6-2)10-9-15-7-8-17-20(11-15)34-26-23(18(14-28)25(29)30-26)22(17)16-12-19(27)24(33-4)21(13-16)32-3/h7-8,11-13,22,30H,5-6,9-10,29H2,1-4H3. The van der Waals surface area contributed by atoms with Gasteiger partial charge in [0.05, 0.1) is 18.7 Å². The maximum atomic E-state index is 9.86. The molecule has 3 N–H and O–H groups in total. The van der Waals surface area contributed by atoms with Gasteiger partial charge >= 0.3 is 0 Å². The third kappa shape index (κ3) is 4.22. The Labute approximate surface area is 208 Å². The number of aromatic nitrogens is 1. The van der Waals surface area contributed by atoms with Crippen LogP contribution in [0.4, 0.5) is 5.82 Å². The highest BCUT2D eigenvalue weighted by atomic mass is 79.9. The summed E-state index contributed by atoms with van der Waals surface area (Å²) in [5.41, 5.74) is 10.4. The number of likely N-dealkylation sites (N-methyl/N-ethyl adjacent to an activating group) is 1. The van der Waals surface area contributed by atoms with Crippen LogP contribution < -0.4 is 19.9 Å². The van der Waals surface area contributed by atoms with E-state index in [2.05, 4.69) is 63.9 Å². The molecule has 3 aromatic rings. The maximum Gasteiger partial charge on any atom is 0.204 e. The van der Waals surface area contributed by atoms with Crippen molar-refractivity contribution in [1.29, 1.82) is 5.26 Å². The molecule has 0 radical (unpaired) electrons. The monoisotopic (exact) mass is 524 g/mol. The lowest BCUT2D eigenvalue weighted by Crippen LogP contribution is -2.25. The number of methoxy groups -OCH3 is 2.